The van der Waals surface area contributed by atoms with E-state index in [1.807, 2.05) is 18.7 Å². The number of hydrogen-bond acceptors (Lipinski definition) is 2. The van der Waals surface area contributed by atoms with Crippen LogP contribution in [-0.2, 0) is 9.59 Å². The molecular weight excluding hydrogens is 240 g/mol. The van der Waals surface area contributed by atoms with Gasteiger partial charge in [0.2, 0.25) is 11.8 Å². The summed E-state index contributed by atoms with van der Waals surface area (Å²) in [6.07, 6.45) is 6.41. The van der Waals surface area contributed by atoms with Gasteiger partial charge >= 0.3 is 0 Å². The Morgan fingerprint density at radius 3 is 2.58 bits per heavy atom. The zero-order chi connectivity index (χ0) is 14.1. The van der Waals surface area contributed by atoms with E-state index in [4.69, 9.17) is 0 Å². The molecule has 1 heterocycles. The van der Waals surface area contributed by atoms with Crippen molar-refractivity contribution in [2.45, 2.75) is 58.8 Å². The zero-order valence-corrected chi connectivity index (χ0v) is 12.4. The van der Waals surface area contributed by atoms with Crippen molar-refractivity contribution in [1.82, 2.24) is 10.2 Å². The van der Waals surface area contributed by atoms with Crippen LogP contribution in [0.1, 0.15) is 58.8 Å². The molecule has 1 aliphatic heterocycles. The average molecular weight is 268 g/mol. The number of rotatable bonds is 6. The number of carbonyl (C=O) groups excluding carboxylic acids is 2. The van der Waals surface area contributed by atoms with Crippen LogP contribution in [0.3, 0.4) is 0 Å². The molecule has 0 aromatic heterocycles. The van der Waals surface area contributed by atoms with Crippen LogP contribution in [0.4, 0.5) is 0 Å². The highest BCUT2D eigenvalue weighted by molar-refractivity contribution is 5.76. The Kier molecular flexibility index (Phi) is 7.53. The van der Waals surface area contributed by atoms with Gasteiger partial charge in [0.1, 0.15) is 0 Å². The Morgan fingerprint density at radius 2 is 1.89 bits per heavy atom. The van der Waals surface area contributed by atoms with Crippen LogP contribution in [0.15, 0.2) is 0 Å². The number of hydrogen-bond donors (Lipinski definition) is 1. The summed E-state index contributed by atoms with van der Waals surface area (Å²) in [7, 11) is 0. The van der Waals surface area contributed by atoms with Gasteiger partial charge in [0, 0.05) is 32.5 Å². The molecule has 1 N–H and O–H groups in total. The van der Waals surface area contributed by atoms with Crippen LogP contribution in [-0.4, -0.2) is 36.3 Å². The Hall–Kier alpha value is -1.06. The first kappa shape index (κ1) is 16.0. The van der Waals surface area contributed by atoms with Gasteiger partial charge in [-0.25, -0.2) is 0 Å². The molecule has 19 heavy (non-hydrogen) atoms. The van der Waals surface area contributed by atoms with Crippen LogP contribution < -0.4 is 5.32 Å². The summed E-state index contributed by atoms with van der Waals surface area (Å²) in [5, 5.41) is 3.00. The summed E-state index contributed by atoms with van der Waals surface area (Å²) >= 11 is 0. The second-order valence-corrected chi connectivity index (χ2v) is 5.51. The van der Waals surface area contributed by atoms with Gasteiger partial charge in [-0.2, -0.15) is 0 Å². The van der Waals surface area contributed by atoms with Crippen molar-refractivity contribution in [1.29, 1.82) is 0 Å². The molecule has 1 rings (SSSR count). The van der Waals surface area contributed by atoms with Gasteiger partial charge in [0.15, 0.2) is 0 Å². The highest BCUT2D eigenvalue weighted by Crippen LogP contribution is 2.17. The lowest BCUT2D eigenvalue weighted by Gasteiger charge is -2.24. The van der Waals surface area contributed by atoms with Crippen LogP contribution in [0.25, 0.3) is 0 Å². The van der Waals surface area contributed by atoms with Crippen LogP contribution in [0.2, 0.25) is 0 Å². The highest BCUT2D eigenvalue weighted by atomic mass is 16.2. The summed E-state index contributed by atoms with van der Waals surface area (Å²) in [5.74, 6) is 0.830. The third-order valence-electron chi connectivity index (χ3n) is 3.65. The van der Waals surface area contributed by atoms with Gasteiger partial charge in [-0.05, 0) is 31.6 Å². The molecule has 0 bridgehead atoms. The number of carbonyl (C=O) groups is 2. The third-order valence-corrected chi connectivity index (χ3v) is 3.65. The van der Waals surface area contributed by atoms with Gasteiger partial charge in [0.05, 0.1) is 0 Å². The number of amides is 2. The quantitative estimate of drug-likeness (QED) is 0.804. The maximum Gasteiger partial charge on any atom is 0.222 e. The smallest absolute Gasteiger partial charge is 0.222 e. The van der Waals surface area contributed by atoms with E-state index in [-0.39, 0.29) is 11.8 Å². The summed E-state index contributed by atoms with van der Waals surface area (Å²) in [6.45, 7) is 6.47. The van der Waals surface area contributed by atoms with E-state index in [1.165, 1.54) is 0 Å². The molecule has 4 heteroatoms. The van der Waals surface area contributed by atoms with Crippen LogP contribution in [0, 0.1) is 5.92 Å². The van der Waals surface area contributed by atoms with Crippen molar-refractivity contribution in [3.05, 3.63) is 0 Å². The average Bonchev–Trinajstić information content (AvgIpc) is 2.62. The minimum Gasteiger partial charge on any atom is -0.356 e. The molecule has 1 saturated heterocycles. The number of nitrogens with zero attached hydrogens (tertiary/aromatic N) is 1. The summed E-state index contributed by atoms with van der Waals surface area (Å²) < 4.78 is 0. The topological polar surface area (TPSA) is 49.4 Å². The lowest BCUT2D eigenvalue weighted by atomic mass is 10.0. The molecule has 110 valence electrons. The largest absolute Gasteiger partial charge is 0.356 e. The molecule has 0 spiro atoms. The minimum absolute atomic E-state index is 0.137. The second kappa shape index (κ2) is 8.94. The Labute approximate surface area is 116 Å². The van der Waals surface area contributed by atoms with Crippen molar-refractivity contribution in [2.24, 2.45) is 5.92 Å². The van der Waals surface area contributed by atoms with E-state index >= 15 is 0 Å². The van der Waals surface area contributed by atoms with Gasteiger partial charge in [0.25, 0.3) is 0 Å². The fraction of sp³-hybridized carbons (Fsp3) is 0.867. The van der Waals surface area contributed by atoms with Crippen LogP contribution in [0.5, 0.6) is 0 Å². The fourth-order valence-electron chi connectivity index (χ4n) is 2.57. The molecule has 0 saturated carbocycles. The first-order valence-electron chi connectivity index (χ1n) is 7.71. The first-order valence-corrected chi connectivity index (χ1v) is 7.71. The molecule has 2 amide bonds. The zero-order valence-electron chi connectivity index (χ0n) is 12.4. The lowest BCUT2D eigenvalue weighted by molar-refractivity contribution is -0.131. The maximum atomic E-state index is 12.0. The number of likely N-dealkylation sites (tertiary alicyclic amines) is 1. The van der Waals surface area contributed by atoms with E-state index < -0.39 is 0 Å². The third kappa shape index (κ3) is 6.08. The van der Waals surface area contributed by atoms with E-state index in [9.17, 15) is 9.59 Å². The molecule has 0 aromatic rings. The lowest BCUT2D eigenvalue weighted by Crippen LogP contribution is -2.38. The molecular formula is C15H28N2O2. The van der Waals surface area contributed by atoms with E-state index in [2.05, 4.69) is 5.32 Å². The van der Waals surface area contributed by atoms with E-state index in [0.29, 0.717) is 18.8 Å². The molecule has 1 atom stereocenters. The Morgan fingerprint density at radius 1 is 1.16 bits per heavy atom. The van der Waals surface area contributed by atoms with Gasteiger partial charge in [-0.1, -0.05) is 20.3 Å². The SMILES string of the molecule is CCCC(=O)NC[C@@H]1CCCCN(C(=O)CCC)C1. The predicted octanol–water partition coefficient (Wildman–Crippen LogP) is 2.33. The highest BCUT2D eigenvalue weighted by Gasteiger charge is 2.21. The van der Waals surface area contributed by atoms with Gasteiger partial charge in [-0.15, -0.1) is 0 Å². The van der Waals surface area contributed by atoms with Crippen molar-refractivity contribution in [2.75, 3.05) is 19.6 Å². The number of nitrogens with one attached hydrogen (secondary N) is 1. The molecule has 0 unspecified atom stereocenters. The van der Waals surface area contributed by atoms with Crippen molar-refractivity contribution in [3.8, 4) is 0 Å². The molecule has 1 aliphatic rings. The standard InChI is InChI=1S/C15H28N2O2/c1-3-7-14(18)16-11-13-9-5-6-10-17(12-13)15(19)8-4-2/h13H,3-12H2,1-2H3,(H,16,18)/t13-/m0/s1. The first-order chi connectivity index (χ1) is 9.17. The monoisotopic (exact) mass is 268 g/mol. The predicted molar refractivity (Wildman–Crippen MR) is 76.7 cm³/mol. The minimum atomic E-state index is 0.137. The van der Waals surface area contributed by atoms with Crippen molar-refractivity contribution >= 4 is 11.8 Å². The van der Waals surface area contributed by atoms with E-state index in [0.717, 1.165) is 51.7 Å². The van der Waals surface area contributed by atoms with Gasteiger partial charge < -0.3 is 10.2 Å². The molecule has 0 aromatic carbocycles. The molecule has 0 radical (unpaired) electrons. The summed E-state index contributed by atoms with van der Waals surface area (Å²) in [4.78, 5) is 25.5. The van der Waals surface area contributed by atoms with Gasteiger partial charge in [-0.3, -0.25) is 9.59 Å². The summed E-state index contributed by atoms with van der Waals surface area (Å²) in [5.41, 5.74) is 0. The summed E-state index contributed by atoms with van der Waals surface area (Å²) in [6, 6.07) is 0. The van der Waals surface area contributed by atoms with Crippen molar-refractivity contribution < 1.29 is 9.59 Å². The Bertz CT molecular complexity index is 292. The van der Waals surface area contributed by atoms with Crippen molar-refractivity contribution in [3.63, 3.8) is 0 Å². The maximum absolute atomic E-state index is 12.0. The normalized spacial score (nSPS) is 19.9. The molecule has 1 fully saturated rings. The van der Waals surface area contributed by atoms with Crippen LogP contribution >= 0.6 is 0 Å². The fourth-order valence-corrected chi connectivity index (χ4v) is 2.57. The molecule has 4 nitrogen and oxygen atoms in total. The second-order valence-electron chi connectivity index (χ2n) is 5.51. The van der Waals surface area contributed by atoms with E-state index in [1.54, 1.807) is 0 Å². The molecule has 0 aliphatic carbocycles. The Balaban J connectivity index is 2.40.